The first kappa shape index (κ1) is 16.9. The molecule has 2 aromatic rings. The summed E-state index contributed by atoms with van der Waals surface area (Å²) >= 11 is 7.60. The summed E-state index contributed by atoms with van der Waals surface area (Å²) in [6, 6.07) is 8.49. The van der Waals surface area contributed by atoms with E-state index in [0.717, 1.165) is 4.88 Å². The summed E-state index contributed by atoms with van der Waals surface area (Å²) in [7, 11) is 1.76. The molecule has 0 aliphatic carbocycles. The zero-order valence-electron chi connectivity index (χ0n) is 12.5. The Kier molecular flexibility index (Phi) is 5.94. The van der Waals surface area contributed by atoms with Crippen LogP contribution in [0.4, 0.5) is 4.39 Å². The van der Waals surface area contributed by atoms with Crippen LogP contribution in [0.25, 0.3) is 0 Å². The molecule has 0 saturated carbocycles. The zero-order chi connectivity index (χ0) is 16.1. The van der Waals surface area contributed by atoms with Crippen molar-refractivity contribution in [2.45, 2.75) is 19.5 Å². The third kappa shape index (κ3) is 4.53. The molecule has 0 unspecified atom stereocenters. The van der Waals surface area contributed by atoms with Gasteiger partial charge < -0.3 is 5.32 Å². The number of carbonyl (C=O) groups excluding carboxylic acids is 1. The maximum Gasteiger partial charge on any atom is 0.234 e. The molecular formula is C16H18ClFN2OS. The first-order valence-corrected chi connectivity index (χ1v) is 8.17. The van der Waals surface area contributed by atoms with Gasteiger partial charge in [-0.15, -0.1) is 11.3 Å². The first-order valence-electron chi connectivity index (χ1n) is 6.91. The second kappa shape index (κ2) is 7.72. The number of halogens is 2. The van der Waals surface area contributed by atoms with Gasteiger partial charge in [0.25, 0.3) is 0 Å². The van der Waals surface area contributed by atoms with Gasteiger partial charge in [0.1, 0.15) is 5.82 Å². The van der Waals surface area contributed by atoms with Crippen molar-refractivity contribution in [2.75, 3.05) is 13.6 Å². The van der Waals surface area contributed by atoms with Crippen LogP contribution in [0.1, 0.15) is 23.4 Å². The molecule has 0 spiro atoms. The number of rotatable bonds is 6. The number of hydrogen-bond donors (Lipinski definition) is 1. The Morgan fingerprint density at radius 2 is 2.18 bits per heavy atom. The zero-order valence-corrected chi connectivity index (χ0v) is 14.0. The second-order valence-corrected chi connectivity index (χ2v) is 6.56. The van der Waals surface area contributed by atoms with E-state index in [1.165, 1.54) is 6.07 Å². The third-order valence-electron chi connectivity index (χ3n) is 3.25. The molecule has 0 saturated heterocycles. The van der Waals surface area contributed by atoms with Gasteiger partial charge in [-0.3, -0.25) is 9.69 Å². The molecule has 0 aliphatic heterocycles. The van der Waals surface area contributed by atoms with Crippen LogP contribution in [0.2, 0.25) is 5.02 Å². The number of thiophene rings is 1. The summed E-state index contributed by atoms with van der Waals surface area (Å²) in [6.45, 7) is 2.41. The summed E-state index contributed by atoms with van der Waals surface area (Å²) in [5.41, 5.74) is 0.408. The lowest BCUT2D eigenvalue weighted by Crippen LogP contribution is -2.36. The third-order valence-corrected chi connectivity index (χ3v) is 4.66. The van der Waals surface area contributed by atoms with E-state index in [9.17, 15) is 9.18 Å². The standard InChI is InChI=1S/C16H18ClFN2OS/c1-11(15-7-4-8-22-15)19-16(21)10-20(2)9-12-13(17)5-3-6-14(12)18/h3-8,11H,9-10H2,1-2H3,(H,19,21)/t11-/m1/s1. The van der Waals surface area contributed by atoms with Gasteiger partial charge in [0.15, 0.2) is 0 Å². The van der Waals surface area contributed by atoms with Gasteiger partial charge in [-0.1, -0.05) is 23.7 Å². The molecule has 22 heavy (non-hydrogen) atoms. The molecule has 0 aliphatic rings. The van der Waals surface area contributed by atoms with Gasteiger partial charge in [-0.2, -0.15) is 0 Å². The van der Waals surface area contributed by atoms with E-state index in [2.05, 4.69) is 5.32 Å². The van der Waals surface area contributed by atoms with Crippen molar-refractivity contribution >= 4 is 28.8 Å². The van der Waals surface area contributed by atoms with Crippen LogP contribution in [0.3, 0.4) is 0 Å². The number of benzene rings is 1. The number of carbonyl (C=O) groups is 1. The van der Waals surface area contributed by atoms with E-state index < -0.39 is 0 Å². The smallest absolute Gasteiger partial charge is 0.234 e. The van der Waals surface area contributed by atoms with Gasteiger partial charge >= 0.3 is 0 Å². The lowest BCUT2D eigenvalue weighted by molar-refractivity contribution is -0.122. The van der Waals surface area contributed by atoms with Gasteiger partial charge in [0.05, 0.1) is 12.6 Å². The molecule has 3 nitrogen and oxygen atoms in total. The molecule has 1 aromatic carbocycles. The van der Waals surface area contributed by atoms with Crippen LogP contribution >= 0.6 is 22.9 Å². The molecule has 0 fully saturated rings. The van der Waals surface area contributed by atoms with Crippen LogP contribution < -0.4 is 5.32 Å². The summed E-state index contributed by atoms with van der Waals surface area (Å²) in [4.78, 5) is 14.9. The normalized spacial score (nSPS) is 12.4. The molecule has 0 radical (unpaired) electrons. The van der Waals surface area contributed by atoms with Crippen LogP contribution in [-0.2, 0) is 11.3 Å². The Labute approximate surface area is 138 Å². The molecule has 0 bridgehead atoms. The minimum absolute atomic E-state index is 0.0297. The minimum Gasteiger partial charge on any atom is -0.348 e. The molecule has 2 rings (SSSR count). The number of nitrogens with zero attached hydrogens (tertiary/aromatic N) is 1. The molecule has 1 heterocycles. The van der Waals surface area contributed by atoms with E-state index >= 15 is 0 Å². The largest absolute Gasteiger partial charge is 0.348 e. The summed E-state index contributed by atoms with van der Waals surface area (Å²) in [5, 5.41) is 5.28. The molecule has 1 amide bonds. The highest BCUT2D eigenvalue weighted by Crippen LogP contribution is 2.20. The highest BCUT2D eigenvalue weighted by molar-refractivity contribution is 7.10. The van der Waals surface area contributed by atoms with Crippen molar-refractivity contribution in [3.8, 4) is 0 Å². The molecule has 1 N–H and O–H groups in total. The van der Waals surface area contributed by atoms with Gasteiger partial charge in [-0.05, 0) is 37.6 Å². The predicted molar refractivity (Wildman–Crippen MR) is 88.6 cm³/mol. The summed E-state index contributed by atoms with van der Waals surface area (Å²) < 4.78 is 13.7. The number of amides is 1. The lowest BCUT2D eigenvalue weighted by atomic mass is 10.2. The highest BCUT2D eigenvalue weighted by atomic mass is 35.5. The summed E-state index contributed by atoms with van der Waals surface area (Å²) in [6.07, 6.45) is 0. The van der Waals surface area contributed by atoms with Crippen LogP contribution in [0.5, 0.6) is 0 Å². The Bertz CT molecular complexity index is 613. The average molecular weight is 341 g/mol. The van der Waals surface area contributed by atoms with E-state index in [1.54, 1.807) is 35.4 Å². The van der Waals surface area contributed by atoms with E-state index in [0.29, 0.717) is 10.6 Å². The predicted octanol–water partition coefficient (Wildman–Crippen LogP) is 3.85. The van der Waals surface area contributed by atoms with Crippen molar-refractivity contribution in [3.63, 3.8) is 0 Å². The van der Waals surface area contributed by atoms with Gasteiger partial charge in [0.2, 0.25) is 5.91 Å². The maximum absolute atomic E-state index is 13.7. The molecule has 1 aromatic heterocycles. The van der Waals surface area contributed by atoms with E-state index in [4.69, 9.17) is 11.6 Å². The fourth-order valence-electron chi connectivity index (χ4n) is 2.15. The Morgan fingerprint density at radius 3 is 2.82 bits per heavy atom. The Morgan fingerprint density at radius 1 is 1.41 bits per heavy atom. The lowest BCUT2D eigenvalue weighted by Gasteiger charge is -2.19. The van der Waals surface area contributed by atoms with Crippen molar-refractivity contribution in [1.29, 1.82) is 0 Å². The Balaban J connectivity index is 1.89. The first-order chi connectivity index (χ1) is 10.5. The fourth-order valence-corrected chi connectivity index (χ4v) is 3.11. The molecular weight excluding hydrogens is 323 g/mol. The Hall–Kier alpha value is -1.43. The number of nitrogens with one attached hydrogen (secondary N) is 1. The number of hydrogen-bond acceptors (Lipinski definition) is 3. The highest BCUT2D eigenvalue weighted by Gasteiger charge is 2.14. The van der Waals surface area contributed by atoms with Crippen molar-refractivity contribution in [3.05, 3.63) is 57.0 Å². The number of likely N-dealkylation sites (N-methyl/N-ethyl adjacent to an activating group) is 1. The fraction of sp³-hybridized carbons (Fsp3) is 0.312. The van der Waals surface area contributed by atoms with Crippen molar-refractivity contribution < 1.29 is 9.18 Å². The average Bonchev–Trinajstić information content (AvgIpc) is 2.97. The van der Waals surface area contributed by atoms with E-state index in [1.807, 2.05) is 24.4 Å². The SMILES string of the molecule is C[C@@H](NC(=O)CN(C)Cc1c(F)cccc1Cl)c1cccs1. The summed E-state index contributed by atoms with van der Waals surface area (Å²) in [5.74, 6) is -0.456. The molecule has 118 valence electrons. The van der Waals surface area contributed by atoms with E-state index in [-0.39, 0.29) is 30.9 Å². The second-order valence-electron chi connectivity index (χ2n) is 5.18. The molecule has 6 heteroatoms. The quantitative estimate of drug-likeness (QED) is 0.866. The van der Waals surface area contributed by atoms with Crippen LogP contribution in [0, 0.1) is 5.82 Å². The van der Waals surface area contributed by atoms with Crippen molar-refractivity contribution in [2.24, 2.45) is 0 Å². The minimum atomic E-state index is -0.355. The van der Waals surface area contributed by atoms with Gasteiger partial charge in [0, 0.05) is 22.0 Å². The maximum atomic E-state index is 13.7. The monoisotopic (exact) mass is 340 g/mol. The van der Waals surface area contributed by atoms with Crippen molar-refractivity contribution in [1.82, 2.24) is 10.2 Å². The van der Waals surface area contributed by atoms with Gasteiger partial charge in [-0.25, -0.2) is 4.39 Å². The topological polar surface area (TPSA) is 32.3 Å². The molecule has 1 atom stereocenters. The van der Waals surface area contributed by atoms with Crippen LogP contribution in [-0.4, -0.2) is 24.4 Å². The van der Waals surface area contributed by atoms with Crippen LogP contribution in [0.15, 0.2) is 35.7 Å².